The first kappa shape index (κ1) is 7.95. The molecule has 0 bridgehead atoms. The lowest BCUT2D eigenvalue weighted by Gasteiger charge is -1.95. The highest BCUT2D eigenvalue weighted by Crippen LogP contribution is 2.22. The fourth-order valence-corrected chi connectivity index (χ4v) is 1.04. The van der Waals surface area contributed by atoms with Crippen LogP contribution < -0.4 is 0 Å². The minimum Gasteiger partial charge on any atom is -0.205 e. The number of benzene rings is 1. The third kappa shape index (κ3) is 1.47. The second-order valence-electron chi connectivity index (χ2n) is 1.68. The molecule has 0 unspecified atom stereocenters. The zero-order valence-electron chi connectivity index (χ0n) is 4.67. The number of rotatable bonds is 0. The molecule has 0 fully saturated rings. The van der Waals surface area contributed by atoms with E-state index in [1.807, 2.05) is 0 Å². The minimum absolute atomic E-state index is 0.340. The summed E-state index contributed by atoms with van der Waals surface area (Å²) >= 11 is 8.09. The van der Waals surface area contributed by atoms with Crippen molar-refractivity contribution in [1.29, 1.82) is 0 Å². The van der Waals surface area contributed by atoms with E-state index in [4.69, 9.17) is 11.6 Å². The molecule has 0 aliphatic heterocycles. The van der Waals surface area contributed by atoms with Gasteiger partial charge in [0.25, 0.3) is 0 Å². The summed E-state index contributed by atoms with van der Waals surface area (Å²) in [6.45, 7) is 0. The fraction of sp³-hybridized carbons (Fsp3) is 0. The Kier molecular flexibility index (Phi) is 2.26. The monoisotopic (exact) mass is 226 g/mol. The molecular formula is C6H2BrClF2. The van der Waals surface area contributed by atoms with Crippen molar-refractivity contribution in [3.8, 4) is 0 Å². The molecule has 1 rings (SSSR count). The van der Waals surface area contributed by atoms with Crippen LogP contribution in [-0.4, -0.2) is 0 Å². The van der Waals surface area contributed by atoms with Crippen molar-refractivity contribution in [3.63, 3.8) is 0 Å². The van der Waals surface area contributed by atoms with Gasteiger partial charge in [-0.05, 0) is 12.1 Å². The van der Waals surface area contributed by atoms with E-state index in [9.17, 15) is 8.78 Å². The normalized spacial score (nSPS) is 10.0. The van der Waals surface area contributed by atoms with Gasteiger partial charge in [-0.3, -0.25) is 0 Å². The van der Waals surface area contributed by atoms with Gasteiger partial charge in [0.2, 0.25) is 0 Å². The topological polar surface area (TPSA) is 0 Å². The van der Waals surface area contributed by atoms with Gasteiger partial charge in [0.05, 0.1) is 0 Å². The zero-order valence-corrected chi connectivity index (χ0v) is 7.01. The lowest BCUT2D eigenvalue weighted by molar-refractivity contribution is 0.582. The van der Waals surface area contributed by atoms with Crippen LogP contribution in [0, 0.1) is 11.6 Å². The molecule has 0 atom stereocenters. The summed E-state index contributed by atoms with van der Waals surface area (Å²) < 4.78 is 25.2. The largest absolute Gasteiger partial charge is 0.205 e. The molecule has 54 valence electrons. The van der Waals surface area contributed by atoms with Crippen molar-refractivity contribution in [2.24, 2.45) is 0 Å². The Morgan fingerprint density at radius 1 is 1.20 bits per heavy atom. The Morgan fingerprint density at radius 3 is 2.00 bits per heavy atom. The van der Waals surface area contributed by atoms with Crippen LogP contribution in [-0.2, 0) is 0 Å². The predicted molar refractivity (Wildman–Crippen MR) is 39.1 cm³/mol. The summed E-state index contributed by atoms with van der Waals surface area (Å²) in [5.41, 5.74) is 0. The molecule has 0 nitrogen and oxygen atoms in total. The van der Waals surface area contributed by atoms with Gasteiger partial charge < -0.3 is 0 Å². The maximum atomic E-state index is 12.4. The average Bonchev–Trinajstić information content (AvgIpc) is 1.82. The van der Waals surface area contributed by atoms with E-state index in [1.165, 1.54) is 0 Å². The van der Waals surface area contributed by atoms with E-state index in [0.717, 1.165) is 12.1 Å². The van der Waals surface area contributed by atoms with Crippen molar-refractivity contribution in [2.45, 2.75) is 0 Å². The molecule has 0 spiro atoms. The van der Waals surface area contributed by atoms with Crippen molar-refractivity contribution in [3.05, 3.63) is 33.3 Å². The third-order valence-corrected chi connectivity index (χ3v) is 1.77. The first-order valence-electron chi connectivity index (χ1n) is 2.41. The second-order valence-corrected chi connectivity index (χ2v) is 2.98. The van der Waals surface area contributed by atoms with Crippen molar-refractivity contribution >= 4 is 27.5 Å². The van der Waals surface area contributed by atoms with Crippen LogP contribution in [0.25, 0.3) is 0 Å². The fourth-order valence-electron chi connectivity index (χ4n) is 0.525. The standard InChI is InChI=1S/C6H2BrClF2/c7-3-1-4(9)6(8)5(10)2-3/h1-2H. The van der Waals surface area contributed by atoms with Crippen molar-refractivity contribution in [2.75, 3.05) is 0 Å². The molecule has 0 saturated heterocycles. The van der Waals surface area contributed by atoms with E-state index in [2.05, 4.69) is 15.9 Å². The zero-order chi connectivity index (χ0) is 7.72. The number of halogens is 4. The van der Waals surface area contributed by atoms with Crippen LogP contribution >= 0.6 is 27.5 Å². The molecule has 0 saturated carbocycles. The van der Waals surface area contributed by atoms with Gasteiger partial charge >= 0.3 is 0 Å². The van der Waals surface area contributed by atoms with Crippen LogP contribution in [0.1, 0.15) is 0 Å². The van der Waals surface area contributed by atoms with Gasteiger partial charge in [0.1, 0.15) is 16.7 Å². The van der Waals surface area contributed by atoms with E-state index < -0.39 is 16.7 Å². The van der Waals surface area contributed by atoms with Crippen molar-refractivity contribution < 1.29 is 8.78 Å². The van der Waals surface area contributed by atoms with Gasteiger partial charge in [0, 0.05) is 4.47 Å². The lowest BCUT2D eigenvalue weighted by Crippen LogP contribution is -1.82. The summed E-state index contributed by atoms with van der Waals surface area (Å²) in [5, 5.41) is -0.469. The first-order valence-corrected chi connectivity index (χ1v) is 3.58. The molecule has 0 heterocycles. The summed E-state index contributed by atoms with van der Waals surface area (Å²) in [6, 6.07) is 2.21. The highest BCUT2D eigenvalue weighted by Gasteiger charge is 2.06. The van der Waals surface area contributed by atoms with Crippen LogP contribution in [0.5, 0.6) is 0 Å². The summed E-state index contributed by atoms with van der Waals surface area (Å²) in [5.74, 6) is -1.51. The summed E-state index contributed by atoms with van der Waals surface area (Å²) in [4.78, 5) is 0. The average molecular weight is 227 g/mol. The van der Waals surface area contributed by atoms with E-state index in [0.29, 0.717) is 4.47 Å². The van der Waals surface area contributed by atoms with Crippen LogP contribution in [0.2, 0.25) is 5.02 Å². The number of hydrogen-bond acceptors (Lipinski definition) is 0. The minimum atomic E-state index is -0.756. The van der Waals surface area contributed by atoms with Crippen molar-refractivity contribution in [1.82, 2.24) is 0 Å². The van der Waals surface area contributed by atoms with Gasteiger partial charge in [-0.25, -0.2) is 8.78 Å². The van der Waals surface area contributed by atoms with Gasteiger partial charge in [0.15, 0.2) is 0 Å². The summed E-state index contributed by atoms with van der Waals surface area (Å²) in [7, 11) is 0. The first-order chi connectivity index (χ1) is 4.61. The van der Waals surface area contributed by atoms with Crippen LogP contribution in [0.3, 0.4) is 0 Å². The maximum absolute atomic E-state index is 12.4. The van der Waals surface area contributed by atoms with Crippen LogP contribution in [0.4, 0.5) is 8.78 Å². The molecule has 0 aliphatic carbocycles. The number of hydrogen-bond donors (Lipinski definition) is 0. The summed E-state index contributed by atoms with van der Waals surface area (Å²) in [6.07, 6.45) is 0. The molecule has 0 aromatic heterocycles. The highest BCUT2D eigenvalue weighted by molar-refractivity contribution is 9.10. The lowest BCUT2D eigenvalue weighted by atomic mass is 10.3. The Morgan fingerprint density at radius 2 is 1.60 bits per heavy atom. The van der Waals surface area contributed by atoms with E-state index in [1.54, 1.807) is 0 Å². The van der Waals surface area contributed by atoms with E-state index >= 15 is 0 Å². The Labute approximate surface area is 69.9 Å². The molecule has 1 aromatic carbocycles. The van der Waals surface area contributed by atoms with Gasteiger partial charge in [-0.15, -0.1) is 0 Å². The smallest absolute Gasteiger partial charge is 0.145 e. The Balaban J connectivity index is 3.31. The molecule has 10 heavy (non-hydrogen) atoms. The highest BCUT2D eigenvalue weighted by atomic mass is 79.9. The molecule has 0 radical (unpaired) electrons. The quantitative estimate of drug-likeness (QED) is 0.471. The van der Waals surface area contributed by atoms with E-state index in [-0.39, 0.29) is 0 Å². The third-order valence-electron chi connectivity index (χ3n) is 0.949. The van der Waals surface area contributed by atoms with Crippen LogP contribution in [0.15, 0.2) is 16.6 Å². The molecule has 0 N–H and O–H groups in total. The Bertz CT molecular complexity index is 239. The SMILES string of the molecule is Fc1cc(Br)cc(F)c1Cl. The molecule has 0 amide bonds. The molecule has 1 aromatic rings. The van der Waals surface area contributed by atoms with Gasteiger partial charge in [-0.2, -0.15) is 0 Å². The Hall–Kier alpha value is -0.150. The second kappa shape index (κ2) is 2.84. The predicted octanol–water partition coefficient (Wildman–Crippen LogP) is 3.38. The maximum Gasteiger partial charge on any atom is 0.145 e. The molecular weight excluding hydrogens is 225 g/mol. The molecule has 0 aliphatic rings. The molecule has 4 heteroatoms. The van der Waals surface area contributed by atoms with Gasteiger partial charge in [-0.1, -0.05) is 27.5 Å².